The molecule has 31 heavy (non-hydrogen) atoms. The second-order valence-corrected chi connectivity index (χ2v) is 10.4. The number of anilines is 1. The number of hydrogen-bond acceptors (Lipinski definition) is 7. The molecule has 0 radical (unpaired) electrons. The number of piperidine rings is 1. The number of rotatable bonds is 9. The number of carbonyl (C=O) groups excluding carboxylic acids is 2. The third-order valence-corrected chi connectivity index (χ3v) is 8.13. The predicted molar refractivity (Wildman–Crippen MR) is 118 cm³/mol. The van der Waals surface area contributed by atoms with E-state index in [1.807, 2.05) is 6.92 Å². The summed E-state index contributed by atoms with van der Waals surface area (Å²) in [5.74, 6) is -0.354. The molecule has 8 nitrogen and oxygen atoms in total. The van der Waals surface area contributed by atoms with E-state index >= 15 is 0 Å². The van der Waals surface area contributed by atoms with Gasteiger partial charge in [0, 0.05) is 23.7 Å². The van der Waals surface area contributed by atoms with Crippen molar-refractivity contribution in [2.45, 2.75) is 36.8 Å². The summed E-state index contributed by atoms with van der Waals surface area (Å²) in [5.41, 5.74) is 0.565. The molecule has 2 aromatic rings. The smallest absolute Gasteiger partial charge is 0.311 e. The Morgan fingerprint density at radius 2 is 1.77 bits per heavy atom. The Morgan fingerprint density at radius 1 is 1.06 bits per heavy atom. The highest BCUT2D eigenvalue weighted by molar-refractivity contribution is 7.91. The van der Waals surface area contributed by atoms with Crippen LogP contribution < -0.4 is 10.1 Å². The van der Waals surface area contributed by atoms with E-state index in [9.17, 15) is 18.0 Å². The predicted octanol–water partition coefficient (Wildman–Crippen LogP) is 3.05. The Kier molecular flexibility index (Phi) is 8.05. The van der Waals surface area contributed by atoms with Gasteiger partial charge in [-0.05, 0) is 56.2 Å². The van der Waals surface area contributed by atoms with E-state index < -0.39 is 28.5 Å². The molecule has 10 heteroatoms. The lowest BCUT2D eigenvalue weighted by Gasteiger charge is -2.25. The molecule has 1 aromatic carbocycles. The van der Waals surface area contributed by atoms with Crippen molar-refractivity contribution in [3.05, 3.63) is 41.3 Å². The summed E-state index contributed by atoms with van der Waals surface area (Å²) >= 11 is 1.06. The summed E-state index contributed by atoms with van der Waals surface area (Å²) in [4.78, 5) is 24.6. The summed E-state index contributed by atoms with van der Waals surface area (Å²) < 4.78 is 37.5. The number of nitrogens with one attached hydrogen (secondary N) is 1. The first-order valence-corrected chi connectivity index (χ1v) is 12.4. The van der Waals surface area contributed by atoms with Crippen LogP contribution in [0.15, 0.2) is 40.6 Å². The summed E-state index contributed by atoms with van der Waals surface area (Å²) in [6.45, 7) is 3.07. The fourth-order valence-electron chi connectivity index (χ4n) is 3.16. The second-order valence-electron chi connectivity index (χ2n) is 7.03. The van der Waals surface area contributed by atoms with Gasteiger partial charge in [0.05, 0.1) is 13.0 Å². The number of amides is 1. The molecular weight excluding hydrogens is 440 g/mol. The summed E-state index contributed by atoms with van der Waals surface area (Å²) in [7, 11) is -3.52. The van der Waals surface area contributed by atoms with Crippen LogP contribution in [0.25, 0.3) is 0 Å². The minimum Gasteiger partial charge on any atom is -0.494 e. The highest BCUT2D eigenvalue weighted by Crippen LogP contribution is 2.27. The molecule has 1 N–H and O–H groups in total. The van der Waals surface area contributed by atoms with Gasteiger partial charge in [-0.15, -0.1) is 11.3 Å². The molecule has 0 aliphatic carbocycles. The zero-order valence-electron chi connectivity index (χ0n) is 17.3. The number of ether oxygens (including phenoxy) is 2. The Bertz CT molecular complexity index is 995. The molecule has 0 atom stereocenters. The molecular formula is C21H26N2O6S2. The van der Waals surface area contributed by atoms with Crippen LogP contribution >= 0.6 is 11.3 Å². The molecule has 1 saturated heterocycles. The van der Waals surface area contributed by atoms with Crippen LogP contribution in [0, 0.1) is 0 Å². The number of sulfonamides is 1. The van der Waals surface area contributed by atoms with Crippen LogP contribution in [-0.2, 0) is 30.8 Å². The lowest BCUT2D eigenvalue weighted by atomic mass is 10.2. The van der Waals surface area contributed by atoms with Crippen LogP contribution in [0.5, 0.6) is 5.75 Å². The highest BCUT2D eigenvalue weighted by Gasteiger charge is 2.27. The van der Waals surface area contributed by atoms with Crippen molar-refractivity contribution >= 4 is 38.9 Å². The van der Waals surface area contributed by atoms with Gasteiger partial charge in [-0.3, -0.25) is 9.59 Å². The van der Waals surface area contributed by atoms with Crippen molar-refractivity contribution in [2.75, 3.05) is 31.6 Å². The van der Waals surface area contributed by atoms with Gasteiger partial charge in [-0.25, -0.2) is 8.42 Å². The Balaban J connectivity index is 1.47. The third-order valence-electron chi connectivity index (χ3n) is 4.68. The van der Waals surface area contributed by atoms with Gasteiger partial charge in [0.2, 0.25) is 0 Å². The first kappa shape index (κ1) is 23.2. The normalized spacial score (nSPS) is 14.7. The van der Waals surface area contributed by atoms with E-state index in [0.29, 0.717) is 36.0 Å². The van der Waals surface area contributed by atoms with Crippen molar-refractivity contribution in [1.82, 2.24) is 4.31 Å². The molecule has 1 aliphatic rings. The Labute approximate surface area is 186 Å². The molecule has 1 amide bonds. The van der Waals surface area contributed by atoms with Crippen LogP contribution in [-0.4, -0.2) is 50.9 Å². The fourth-order valence-corrected chi connectivity index (χ4v) is 6.17. The van der Waals surface area contributed by atoms with Crippen molar-refractivity contribution in [1.29, 1.82) is 0 Å². The fraction of sp³-hybridized carbons (Fsp3) is 0.429. The number of hydrogen-bond donors (Lipinski definition) is 1. The maximum atomic E-state index is 12.7. The lowest BCUT2D eigenvalue weighted by molar-refractivity contribution is -0.146. The SMILES string of the molecule is CCOc1ccc(NC(=O)COC(=O)Cc2ccc(S(=O)(=O)N3CCCCC3)s2)cc1. The standard InChI is InChI=1S/C21H26N2O6S2/c1-2-28-17-8-6-16(7-9-17)22-19(24)15-29-20(25)14-18-10-11-21(30-18)31(26,27)23-12-4-3-5-13-23/h6-11H,2-5,12-15H2,1H3,(H,22,24). The quantitative estimate of drug-likeness (QED) is 0.570. The molecule has 3 rings (SSSR count). The minimum atomic E-state index is -3.52. The van der Waals surface area contributed by atoms with E-state index in [1.165, 1.54) is 10.4 Å². The van der Waals surface area contributed by atoms with Gasteiger partial charge in [-0.2, -0.15) is 4.31 Å². The number of thiophene rings is 1. The van der Waals surface area contributed by atoms with Crippen molar-refractivity contribution in [3.63, 3.8) is 0 Å². The number of carbonyl (C=O) groups is 2. The van der Waals surface area contributed by atoms with Gasteiger partial charge >= 0.3 is 5.97 Å². The topological polar surface area (TPSA) is 102 Å². The molecule has 1 aromatic heterocycles. The van der Waals surface area contributed by atoms with Crippen molar-refractivity contribution in [2.24, 2.45) is 0 Å². The van der Waals surface area contributed by atoms with Crippen LogP contribution in [0.3, 0.4) is 0 Å². The van der Waals surface area contributed by atoms with E-state index in [1.54, 1.807) is 30.3 Å². The first-order chi connectivity index (χ1) is 14.9. The minimum absolute atomic E-state index is 0.0868. The average Bonchev–Trinajstić information content (AvgIpc) is 3.24. The van der Waals surface area contributed by atoms with Gasteiger partial charge < -0.3 is 14.8 Å². The molecule has 0 saturated carbocycles. The molecule has 1 fully saturated rings. The monoisotopic (exact) mass is 466 g/mol. The van der Waals surface area contributed by atoms with Gasteiger partial charge in [0.1, 0.15) is 9.96 Å². The van der Waals surface area contributed by atoms with Crippen LogP contribution in [0.2, 0.25) is 0 Å². The molecule has 0 bridgehead atoms. The van der Waals surface area contributed by atoms with Gasteiger partial charge in [0.15, 0.2) is 6.61 Å². The highest BCUT2D eigenvalue weighted by atomic mass is 32.2. The Hall–Kier alpha value is -2.43. The second kappa shape index (κ2) is 10.7. The summed E-state index contributed by atoms with van der Waals surface area (Å²) in [6.07, 6.45) is 2.68. The number of benzene rings is 1. The first-order valence-electron chi connectivity index (χ1n) is 10.2. The third kappa shape index (κ3) is 6.52. The van der Waals surface area contributed by atoms with E-state index in [0.717, 1.165) is 30.6 Å². The molecule has 168 valence electrons. The largest absolute Gasteiger partial charge is 0.494 e. The molecule has 0 spiro atoms. The molecule has 1 aliphatic heterocycles. The van der Waals surface area contributed by atoms with Crippen molar-refractivity contribution < 1.29 is 27.5 Å². The maximum absolute atomic E-state index is 12.7. The number of nitrogens with zero attached hydrogens (tertiary/aromatic N) is 1. The van der Waals surface area contributed by atoms with Gasteiger partial charge in [-0.1, -0.05) is 6.42 Å². The average molecular weight is 467 g/mol. The molecule has 2 heterocycles. The molecule has 0 unspecified atom stereocenters. The zero-order valence-corrected chi connectivity index (χ0v) is 19.0. The van der Waals surface area contributed by atoms with Crippen LogP contribution in [0.4, 0.5) is 5.69 Å². The van der Waals surface area contributed by atoms with E-state index in [-0.39, 0.29) is 10.6 Å². The van der Waals surface area contributed by atoms with Gasteiger partial charge in [0.25, 0.3) is 15.9 Å². The van der Waals surface area contributed by atoms with E-state index in [4.69, 9.17) is 9.47 Å². The Morgan fingerprint density at radius 3 is 2.45 bits per heavy atom. The zero-order chi connectivity index (χ0) is 22.3. The van der Waals surface area contributed by atoms with E-state index in [2.05, 4.69) is 5.32 Å². The van der Waals surface area contributed by atoms with Crippen molar-refractivity contribution in [3.8, 4) is 5.75 Å². The summed E-state index contributed by atoms with van der Waals surface area (Å²) in [5, 5.41) is 2.64. The lowest BCUT2D eigenvalue weighted by Crippen LogP contribution is -2.35. The van der Waals surface area contributed by atoms with Crippen LogP contribution in [0.1, 0.15) is 31.1 Å². The summed E-state index contributed by atoms with van der Waals surface area (Å²) in [6, 6.07) is 9.99. The number of esters is 1. The maximum Gasteiger partial charge on any atom is 0.311 e.